The molecule has 2 saturated carbocycles. The fraction of sp³-hybridized carbons (Fsp3) is 0.696. The number of rotatable bonds is 0. The van der Waals surface area contributed by atoms with E-state index in [2.05, 4.69) is 17.2 Å². The number of ether oxygens (including phenoxy) is 3. The fourth-order valence-corrected chi connectivity index (χ4v) is 6.08. The van der Waals surface area contributed by atoms with Gasteiger partial charge in [0.15, 0.2) is 5.78 Å². The lowest BCUT2D eigenvalue weighted by Crippen LogP contribution is -2.66. The summed E-state index contributed by atoms with van der Waals surface area (Å²) in [7, 11) is 0. The number of carbonyl (C=O) groups excluding carboxylic acids is 2. The summed E-state index contributed by atoms with van der Waals surface area (Å²) < 4.78 is 18.1. The molecule has 3 heterocycles. The van der Waals surface area contributed by atoms with E-state index < -0.39 is 5.54 Å². The third-order valence-electron chi connectivity index (χ3n) is 7.56. The van der Waals surface area contributed by atoms with Crippen molar-refractivity contribution in [3.05, 3.63) is 23.4 Å². The maximum atomic E-state index is 13.3. The van der Waals surface area contributed by atoms with Crippen LogP contribution in [0.4, 0.5) is 0 Å². The summed E-state index contributed by atoms with van der Waals surface area (Å²) in [5, 5.41) is 3.18. The first kappa shape index (κ1) is 19.9. The summed E-state index contributed by atoms with van der Waals surface area (Å²) >= 11 is 0. The van der Waals surface area contributed by atoms with Gasteiger partial charge in [0.2, 0.25) is 11.8 Å². The standard InChI is InChI=1S/C23H30N2O5/c1-14-6-8-24-22-21(14)15-4-5-16(9-15)29-10-18-17(19(26)11-30-22)3-2-7-23(18)13-28-12-20(27)25-23/h6,8,15-18H,2-5,7,9-13H2,1H3,(H,25,27)/t15-,16+,17?,18+,23+/m0/s1. The molecule has 7 nitrogen and oxygen atoms in total. The van der Waals surface area contributed by atoms with Crippen LogP contribution in [0.3, 0.4) is 0 Å². The van der Waals surface area contributed by atoms with Gasteiger partial charge in [0.1, 0.15) is 13.2 Å². The maximum Gasteiger partial charge on any atom is 0.246 e. The van der Waals surface area contributed by atoms with Crippen molar-refractivity contribution in [1.82, 2.24) is 10.3 Å². The number of aryl methyl sites for hydroxylation is 1. The molecule has 2 aliphatic carbocycles. The lowest BCUT2D eigenvalue weighted by atomic mass is 9.65. The van der Waals surface area contributed by atoms with E-state index in [4.69, 9.17) is 14.2 Å². The highest BCUT2D eigenvalue weighted by Gasteiger charge is 2.51. The van der Waals surface area contributed by atoms with Crippen molar-refractivity contribution in [2.75, 3.05) is 26.4 Å². The Morgan fingerprint density at radius 3 is 2.97 bits per heavy atom. The van der Waals surface area contributed by atoms with E-state index in [1.807, 2.05) is 6.07 Å². The zero-order valence-electron chi connectivity index (χ0n) is 17.5. The highest BCUT2D eigenvalue weighted by molar-refractivity contribution is 5.84. The largest absolute Gasteiger partial charge is 0.469 e. The van der Waals surface area contributed by atoms with Gasteiger partial charge in [0.25, 0.3) is 0 Å². The van der Waals surface area contributed by atoms with Crippen LogP contribution < -0.4 is 10.1 Å². The molecule has 5 atom stereocenters. The average Bonchev–Trinajstić information content (AvgIpc) is 3.18. The molecule has 1 saturated heterocycles. The van der Waals surface area contributed by atoms with Crippen LogP contribution in [0.2, 0.25) is 0 Å². The minimum atomic E-state index is -0.525. The summed E-state index contributed by atoms with van der Waals surface area (Å²) in [6, 6.07) is 2.01. The molecule has 1 amide bonds. The minimum absolute atomic E-state index is 0.00561. The average molecular weight is 415 g/mol. The zero-order chi connectivity index (χ0) is 20.7. The molecule has 0 radical (unpaired) electrons. The number of nitrogens with zero attached hydrogens (tertiary/aromatic N) is 1. The molecule has 2 aliphatic heterocycles. The van der Waals surface area contributed by atoms with Gasteiger partial charge in [0, 0.05) is 23.6 Å². The van der Waals surface area contributed by atoms with Crippen LogP contribution in [-0.4, -0.2) is 54.7 Å². The minimum Gasteiger partial charge on any atom is -0.469 e. The Labute approximate surface area is 176 Å². The smallest absolute Gasteiger partial charge is 0.246 e. The van der Waals surface area contributed by atoms with Gasteiger partial charge in [-0.15, -0.1) is 0 Å². The molecule has 0 aromatic carbocycles. The Kier molecular flexibility index (Phi) is 5.27. The number of aromatic nitrogens is 1. The van der Waals surface area contributed by atoms with Gasteiger partial charge < -0.3 is 19.5 Å². The van der Waals surface area contributed by atoms with Crippen LogP contribution in [0, 0.1) is 18.8 Å². The predicted molar refractivity (Wildman–Crippen MR) is 108 cm³/mol. The number of fused-ring (bicyclic) bond motifs is 6. The van der Waals surface area contributed by atoms with Crippen LogP contribution in [0.15, 0.2) is 12.3 Å². The van der Waals surface area contributed by atoms with Gasteiger partial charge in [-0.05, 0) is 56.6 Å². The highest BCUT2D eigenvalue weighted by atomic mass is 16.5. The summed E-state index contributed by atoms with van der Waals surface area (Å²) in [4.78, 5) is 29.9. The molecule has 1 spiro atoms. The SMILES string of the molecule is Cc1ccnc2c1[C@H]1CC[C@H](C1)OC[C@@H]1C(CCC[C@@]13COCC(=O)N3)C(=O)CO2. The third kappa shape index (κ3) is 3.52. The van der Waals surface area contributed by atoms with E-state index in [1.54, 1.807) is 6.20 Å². The van der Waals surface area contributed by atoms with Gasteiger partial charge in [-0.2, -0.15) is 0 Å². The number of ketones is 1. The molecular formula is C23H30N2O5. The van der Waals surface area contributed by atoms with Crippen LogP contribution >= 0.6 is 0 Å². The molecule has 162 valence electrons. The van der Waals surface area contributed by atoms with Crippen molar-refractivity contribution in [2.24, 2.45) is 11.8 Å². The predicted octanol–water partition coefficient (Wildman–Crippen LogP) is 2.31. The normalized spacial score (nSPS) is 36.7. The van der Waals surface area contributed by atoms with Crippen molar-refractivity contribution >= 4 is 11.7 Å². The first-order valence-corrected chi connectivity index (χ1v) is 11.2. The van der Waals surface area contributed by atoms with Crippen LogP contribution in [-0.2, 0) is 19.1 Å². The quantitative estimate of drug-likeness (QED) is 0.701. The second kappa shape index (κ2) is 7.93. The summed E-state index contributed by atoms with van der Waals surface area (Å²) in [6.45, 7) is 3.08. The molecule has 1 N–H and O–H groups in total. The van der Waals surface area contributed by atoms with Crippen molar-refractivity contribution in [3.63, 3.8) is 0 Å². The van der Waals surface area contributed by atoms with Gasteiger partial charge in [0.05, 0.1) is 24.9 Å². The first-order chi connectivity index (χ1) is 14.6. The van der Waals surface area contributed by atoms with Gasteiger partial charge >= 0.3 is 0 Å². The van der Waals surface area contributed by atoms with Gasteiger partial charge in [-0.3, -0.25) is 9.59 Å². The van der Waals surface area contributed by atoms with Crippen LogP contribution in [0.5, 0.6) is 5.88 Å². The second-order valence-corrected chi connectivity index (χ2v) is 9.37. The monoisotopic (exact) mass is 414 g/mol. The van der Waals surface area contributed by atoms with E-state index in [9.17, 15) is 9.59 Å². The van der Waals surface area contributed by atoms with Gasteiger partial charge in [-0.25, -0.2) is 4.98 Å². The molecule has 2 bridgehead atoms. The lowest BCUT2D eigenvalue weighted by molar-refractivity contribution is -0.150. The van der Waals surface area contributed by atoms with Crippen molar-refractivity contribution in [1.29, 1.82) is 0 Å². The Balaban J connectivity index is 1.47. The number of hydrogen-bond donors (Lipinski definition) is 1. The molecule has 7 heteroatoms. The molecular weight excluding hydrogens is 384 g/mol. The molecule has 3 fully saturated rings. The van der Waals surface area contributed by atoms with E-state index >= 15 is 0 Å². The van der Waals surface area contributed by atoms with Crippen LogP contribution in [0.1, 0.15) is 55.6 Å². The summed E-state index contributed by atoms with van der Waals surface area (Å²) in [5.41, 5.74) is 1.76. The number of carbonyl (C=O) groups is 2. The lowest BCUT2D eigenvalue weighted by Gasteiger charge is -2.49. The highest BCUT2D eigenvalue weighted by Crippen LogP contribution is 2.44. The fourth-order valence-electron chi connectivity index (χ4n) is 6.08. The molecule has 1 aromatic heterocycles. The number of nitrogens with one attached hydrogen (secondary N) is 1. The number of amides is 1. The Morgan fingerprint density at radius 1 is 1.20 bits per heavy atom. The summed E-state index contributed by atoms with van der Waals surface area (Å²) in [6.07, 6.45) is 7.32. The topological polar surface area (TPSA) is 86.8 Å². The molecule has 4 aliphatic rings. The molecule has 1 aromatic rings. The first-order valence-electron chi connectivity index (χ1n) is 11.2. The molecule has 5 rings (SSSR count). The Bertz CT molecular complexity index is 839. The van der Waals surface area contributed by atoms with Crippen LogP contribution in [0.25, 0.3) is 0 Å². The maximum absolute atomic E-state index is 13.3. The number of hydrogen-bond acceptors (Lipinski definition) is 6. The number of pyridine rings is 1. The van der Waals surface area contributed by atoms with E-state index in [-0.39, 0.29) is 42.8 Å². The van der Waals surface area contributed by atoms with Crippen molar-refractivity contribution < 1.29 is 23.8 Å². The zero-order valence-corrected chi connectivity index (χ0v) is 17.5. The van der Waals surface area contributed by atoms with Gasteiger partial charge in [-0.1, -0.05) is 6.42 Å². The molecule has 30 heavy (non-hydrogen) atoms. The summed E-state index contributed by atoms with van der Waals surface area (Å²) in [5.74, 6) is 0.560. The Hall–Kier alpha value is -1.99. The number of morpholine rings is 1. The number of Topliss-reactive ketones (excluding diaryl/α,β-unsaturated/α-hetero) is 1. The van der Waals surface area contributed by atoms with E-state index in [0.29, 0.717) is 25.0 Å². The third-order valence-corrected chi connectivity index (χ3v) is 7.56. The molecule has 1 unspecified atom stereocenters. The van der Waals surface area contributed by atoms with E-state index in [1.165, 1.54) is 0 Å². The Morgan fingerprint density at radius 2 is 2.10 bits per heavy atom. The van der Waals surface area contributed by atoms with E-state index in [0.717, 1.165) is 49.7 Å². The van der Waals surface area contributed by atoms with Crippen molar-refractivity contribution in [2.45, 2.75) is 63.0 Å². The second-order valence-electron chi connectivity index (χ2n) is 9.37. The van der Waals surface area contributed by atoms with Crippen molar-refractivity contribution in [3.8, 4) is 5.88 Å².